The third-order valence-electron chi connectivity index (χ3n) is 3.43. The lowest BCUT2D eigenvalue weighted by Gasteiger charge is -2.12. The Bertz CT molecular complexity index is 343. The highest BCUT2D eigenvalue weighted by atomic mass is 31.1. The summed E-state index contributed by atoms with van der Waals surface area (Å²) in [4.78, 5) is 0. The van der Waals surface area contributed by atoms with Crippen LogP contribution in [0.25, 0.3) is 0 Å². The maximum Gasteiger partial charge on any atom is -0.0193 e. The van der Waals surface area contributed by atoms with Gasteiger partial charge in [-0.3, -0.25) is 0 Å². The summed E-state index contributed by atoms with van der Waals surface area (Å²) in [6.45, 7) is 6.83. The van der Waals surface area contributed by atoms with Crippen LogP contribution in [-0.2, 0) is 6.42 Å². The Kier molecular flexibility index (Phi) is 3.46. The fraction of sp³-hybridized carbons (Fsp3) is 0.571. The van der Waals surface area contributed by atoms with Gasteiger partial charge in [-0.15, -0.1) is 8.58 Å². The van der Waals surface area contributed by atoms with Crippen molar-refractivity contribution in [3.63, 3.8) is 0 Å². The van der Waals surface area contributed by atoms with Crippen LogP contribution in [0.4, 0.5) is 0 Å². The van der Waals surface area contributed by atoms with Gasteiger partial charge in [-0.2, -0.15) is 0 Å². The first-order chi connectivity index (χ1) is 7.15. The lowest BCUT2D eigenvalue weighted by molar-refractivity contribution is 0.737. The third-order valence-corrected chi connectivity index (χ3v) is 5.25. The molecule has 0 bridgehead atoms. The molecule has 1 saturated heterocycles. The van der Waals surface area contributed by atoms with Crippen molar-refractivity contribution in [1.82, 2.24) is 0 Å². The highest BCUT2D eigenvalue weighted by Crippen LogP contribution is 2.41. The van der Waals surface area contributed by atoms with Crippen molar-refractivity contribution in [2.45, 2.75) is 51.4 Å². The van der Waals surface area contributed by atoms with Gasteiger partial charge in [0.1, 0.15) is 0 Å². The van der Waals surface area contributed by atoms with Gasteiger partial charge in [0.25, 0.3) is 0 Å². The molecule has 2 rings (SSSR count). The van der Waals surface area contributed by atoms with Crippen LogP contribution in [0.3, 0.4) is 0 Å². The first-order valence-electron chi connectivity index (χ1n) is 5.97. The molecule has 1 aromatic rings. The molecular formula is C14H21P. The third kappa shape index (κ3) is 2.82. The van der Waals surface area contributed by atoms with Gasteiger partial charge < -0.3 is 0 Å². The maximum absolute atomic E-state index is 2.40. The molecule has 3 unspecified atom stereocenters. The molecule has 1 heteroatoms. The molecule has 1 aromatic carbocycles. The zero-order valence-corrected chi connectivity index (χ0v) is 11.0. The summed E-state index contributed by atoms with van der Waals surface area (Å²) in [6.07, 6.45) is 4.22. The van der Waals surface area contributed by atoms with E-state index >= 15 is 0 Å². The van der Waals surface area contributed by atoms with E-state index in [0.29, 0.717) is 0 Å². The van der Waals surface area contributed by atoms with Crippen molar-refractivity contribution in [2.24, 2.45) is 0 Å². The van der Waals surface area contributed by atoms with Gasteiger partial charge >= 0.3 is 0 Å². The molecule has 0 aromatic heterocycles. The summed E-state index contributed by atoms with van der Waals surface area (Å²) in [7, 11) is 1.19. The van der Waals surface area contributed by atoms with Crippen LogP contribution in [-0.4, -0.2) is 11.3 Å². The molecule has 0 N–H and O–H groups in total. The largest absolute Gasteiger partial charge is 0.116 e. The number of benzene rings is 1. The molecule has 0 radical (unpaired) electrons. The fourth-order valence-corrected chi connectivity index (χ4v) is 4.33. The molecule has 0 saturated carbocycles. The van der Waals surface area contributed by atoms with Crippen molar-refractivity contribution in [3.8, 4) is 0 Å². The molecule has 3 atom stereocenters. The smallest absolute Gasteiger partial charge is 0.0193 e. The van der Waals surface area contributed by atoms with Crippen LogP contribution < -0.4 is 0 Å². The maximum atomic E-state index is 2.40. The standard InChI is InChI=1S/C14H21P/c1-10-4-6-13(11(2)8-10)9-14-7-5-12(3)15-14/h4,6,8,12,14-15H,5,7,9H2,1-3H3. The van der Waals surface area contributed by atoms with E-state index in [4.69, 9.17) is 0 Å². The summed E-state index contributed by atoms with van der Waals surface area (Å²) in [5.74, 6) is 0. The Balaban J connectivity index is 2.04. The second-order valence-corrected chi connectivity index (χ2v) is 7.11. The topological polar surface area (TPSA) is 0 Å². The van der Waals surface area contributed by atoms with Crippen LogP contribution in [0, 0.1) is 13.8 Å². The number of hydrogen-bond acceptors (Lipinski definition) is 0. The van der Waals surface area contributed by atoms with E-state index in [-0.39, 0.29) is 0 Å². The van der Waals surface area contributed by atoms with Crippen LogP contribution >= 0.6 is 8.58 Å². The highest BCUT2D eigenvalue weighted by Gasteiger charge is 2.21. The van der Waals surface area contributed by atoms with E-state index in [1.807, 2.05) is 0 Å². The Morgan fingerprint density at radius 1 is 1.27 bits per heavy atom. The summed E-state index contributed by atoms with van der Waals surface area (Å²) in [5, 5.41) is 0. The van der Waals surface area contributed by atoms with E-state index < -0.39 is 0 Å². The first-order valence-corrected chi connectivity index (χ1v) is 7.13. The number of hydrogen-bond donors (Lipinski definition) is 0. The molecule has 0 spiro atoms. The highest BCUT2D eigenvalue weighted by molar-refractivity contribution is 7.40. The van der Waals surface area contributed by atoms with E-state index in [1.165, 1.54) is 39.0 Å². The monoisotopic (exact) mass is 220 g/mol. The van der Waals surface area contributed by atoms with Crippen molar-refractivity contribution in [2.75, 3.05) is 0 Å². The minimum absolute atomic E-state index is 0.974. The Morgan fingerprint density at radius 2 is 2.07 bits per heavy atom. The van der Waals surface area contributed by atoms with Crippen molar-refractivity contribution < 1.29 is 0 Å². The van der Waals surface area contributed by atoms with Crippen molar-refractivity contribution in [1.29, 1.82) is 0 Å². The second kappa shape index (κ2) is 4.66. The fourth-order valence-electron chi connectivity index (χ4n) is 2.52. The summed E-state index contributed by atoms with van der Waals surface area (Å²) in [6, 6.07) is 6.90. The molecule has 1 heterocycles. The summed E-state index contributed by atoms with van der Waals surface area (Å²) in [5.41, 5.74) is 6.41. The predicted octanol–water partition coefficient (Wildman–Crippen LogP) is 4.08. The lowest BCUT2D eigenvalue weighted by atomic mass is 10.00. The van der Waals surface area contributed by atoms with Gasteiger partial charge in [0.05, 0.1) is 0 Å². The van der Waals surface area contributed by atoms with Crippen molar-refractivity contribution in [3.05, 3.63) is 34.9 Å². The minimum atomic E-state index is 0.974. The van der Waals surface area contributed by atoms with E-state index in [2.05, 4.69) is 39.0 Å². The first kappa shape index (κ1) is 11.1. The van der Waals surface area contributed by atoms with E-state index in [1.54, 1.807) is 5.56 Å². The van der Waals surface area contributed by atoms with Crippen LogP contribution in [0.2, 0.25) is 0 Å². The molecule has 1 aliphatic rings. The van der Waals surface area contributed by atoms with Gasteiger partial charge in [-0.05, 0) is 55.6 Å². The number of aryl methyl sites for hydroxylation is 2. The van der Waals surface area contributed by atoms with Gasteiger partial charge in [0.2, 0.25) is 0 Å². The zero-order valence-electron chi connectivity index (χ0n) is 10.0. The lowest BCUT2D eigenvalue weighted by Crippen LogP contribution is -2.02. The molecule has 0 amide bonds. The van der Waals surface area contributed by atoms with Gasteiger partial charge in [-0.25, -0.2) is 0 Å². The molecule has 15 heavy (non-hydrogen) atoms. The normalized spacial score (nSPS) is 27.4. The summed E-state index contributed by atoms with van der Waals surface area (Å²) < 4.78 is 0. The Morgan fingerprint density at radius 3 is 2.67 bits per heavy atom. The Hall–Kier alpha value is -0.350. The molecular weight excluding hydrogens is 199 g/mol. The molecule has 0 aliphatic carbocycles. The molecule has 82 valence electrons. The van der Waals surface area contributed by atoms with Gasteiger partial charge in [-0.1, -0.05) is 30.7 Å². The van der Waals surface area contributed by atoms with Crippen LogP contribution in [0.1, 0.15) is 36.5 Å². The van der Waals surface area contributed by atoms with Gasteiger partial charge in [0.15, 0.2) is 0 Å². The average molecular weight is 220 g/mol. The Labute approximate surface area is 95.3 Å². The van der Waals surface area contributed by atoms with Crippen LogP contribution in [0.5, 0.6) is 0 Å². The van der Waals surface area contributed by atoms with E-state index in [0.717, 1.165) is 11.3 Å². The molecule has 1 aliphatic heterocycles. The zero-order chi connectivity index (χ0) is 10.8. The molecule has 0 nitrogen and oxygen atoms in total. The van der Waals surface area contributed by atoms with Crippen molar-refractivity contribution >= 4 is 8.58 Å². The van der Waals surface area contributed by atoms with Gasteiger partial charge in [0, 0.05) is 0 Å². The second-order valence-electron chi connectivity index (χ2n) is 4.98. The minimum Gasteiger partial charge on any atom is -0.116 e. The molecule has 1 fully saturated rings. The average Bonchev–Trinajstić information content (AvgIpc) is 2.56. The SMILES string of the molecule is Cc1ccc(CC2CCC(C)P2)c(C)c1. The van der Waals surface area contributed by atoms with Crippen LogP contribution in [0.15, 0.2) is 18.2 Å². The predicted molar refractivity (Wildman–Crippen MR) is 70.4 cm³/mol. The van der Waals surface area contributed by atoms with E-state index in [9.17, 15) is 0 Å². The quantitative estimate of drug-likeness (QED) is 0.659. The summed E-state index contributed by atoms with van der Waals surface area (Å²) >= 11 is 0. The number of rotatable bonds is 2.